The molecule has 5 nitrogen and oxygen atoms in total. The van der Waals surface area contributed by atoms with Gasteiger partial charge < -0.3 is 9.80 Å². The lowest BCUT2D eigenvalue weighted by molar-refractivity contribution is -0.137. The molecule has 1 aromatic carbocycles. The van der Waals surface area contributed by atoms with Crippen molar-refractivity contribution >= 4 is 23.5 Å². The van der Waals surface area contributed by atoms with E-state index in [-0.39, 0.29) is 5.92 Å². The summed E-state index contributed by atoms with van der Waals surface area (Å²) in [5.41, 5.74) is 2.52. The van der Waals surface area contributed by atoms with Crippen LogP contribution in [-0.2, 0) is 4.79 Å². The third kappa shape index (κ3) is 4.92. The summed E-state index contributed by atoms with van der Waals surface area (Å²) in [5, 5.41) is 0.968. The highest BCUT2D eigenvalue weighted by Gasteiger charge is 2.29. The molecule has 0 spiro atoms. The minimum atomic E-state index is 0.176. The summed E-state index contributed by atoms with van der Waals surface area (Å²) in [4.78, 5) is 27.4. The molecule has 1 aromatic heterocycles. The fourth-order valence-corrected chi connectivity index (χ4v) is 5.18. The zero-order valence-electron chi connectivity index (χ0n) is 17.4. The number of aromatic nitrogens is 2. The first kappa shape index (κ1) is 20.2. The molecule has 3 heterocycles. The first-order valence-electron chi connectivity index (χ1n) is 10.7. The number of likely N-dealkylation sites (tertiary alicyclic amines) is 1. The molecule has 0 unspecified atom stereocenters. The molecule has 0 aliphatic carbocycles. The van der Waals surface area contributed by atoms with Crippen LogP contribution < -0.4 is 4.90 Å². The molecule has 2 aromatic rings. The predicted molar refractivity (Wildman–Crippen MR) is 117 cm³/mol. The summed E-state index contributed by atoms with van der Waals surface area (Å²) in [6.45, 7) is 7.91. The molecule has 29 heavy (non-hydrogen) atoms. The van der Waals surface area contributed by atoms with Gasteiger partial charge >= 0.3 is 0 Å². The smallest absolute Gasteiger partial charge is 0.225 e. The molecular weight excluding hydrogens is 380 g/mol. The van der Waals surface area contributed by atoms with E-state index in [0.717, 1.165) is 62.7 Å². The number of amides is 1. The number of benzene rings is 1. The minimum absolute atomic E-state index is 0.176. The van der Waals surface area contributed by atoms with Crippen LogP contribution in [-0.4, -0.2) is 47.0 Å². The number of anilines is 1. The fourth-order valence-electron chi connectivity index (χ4n) is 4.22. The summed E-state index contributed by atoms with van der Waals surface area (Å²) in [6.07, 6.45) is 7.07. The van der Waals surface area contributed by atoms with Crippen LogP contribution >= 0.6 is 11.8 Å². The van der Waals surface area contributed by atoms with Crippen molar-refractivity contribution in [3.8, 4) is 0 Å². The Morgan fingerprint density at radius 1 is 1.00 bits per heavy atom. The SMILES string of the molecule is Cc1ccc(C)c(Sc2cc(N3CCC(C(=O)N4CCCCC4)CC3)ncn2)c1. The van der Waals surface area contributed by atoms with Crippen LogP contribution in [0.1, 0.15) is 43.2 Å². The number of nitrogens with zero attached hydrogens (tertiary/aromatic N) is 4. The Labute approximate surface area is 177 Å². The monoisotopic (exact) mass is 410 g/mol. The van der Waals surface area contributed by atoms with Crippen molar-refractivity contribution in [2.24, 2.45) is 5.92 Å². The Hall–Kier alpha value is -2.08. The van der Waals surface area contributed by atoms with E-state index in [1.807, 2.05) is 0 Å². The first-order valence-corrected chi connectivity index (χ1v) is 11.5. The molecule has 2 aliphatic rings. The normalized spacial score (nSPS) is 18.1. The maximum atomic E-state index is 12.8. The Morgan fingerprint density at radius 2 is 1.76 bits per heavy atom. The van der Waals surface area contributed by atoms with E-state index >= 15 is 0 Å². The predicted octanol–water partition coefficient (Wildman–Crippen LogP) is 4.47. The van der Waals surface area contributed by atoms with E-state index in [9.17, 15) is 4.79 Å². The molecule has 4 rings (SSSR count). The second-order valence-corrected chi connectivity index (χ2v) is 9.29. The van der Waals surface area contributed by atoms with Gasteiger partial charge in [0, 0.05) is 43.1 Å². The number of rotatable bonds is 4. The van der Waals surface area contributed by atoms with Crippen molar-refractivity contribution in [3.05, 3.63) is 41.7 Å². The van der Waals surface area contributed by atoms with Gasteiger partial charge in [0.05, 0.1) is 0 Å². The van der Waals surface area contributed by atoms with Crippen LogP contribution in [0, 0.1) is 19.8 Å². The number of aryl methyl sites for hydroxylation is 2. The molecule has 0 bridgehead atoms. The van der Waals surface area contributed by atoms with Crippen molar-refractivity contribution in [1.82, 2.24) is 14.9 Å². The van der Waals surface area contributed by atoms with Crippen LogP contribution in [0.2, 0.25) is 0 Å². The Kier molecular flexibility index (Phi) is 6.38. The van der Waals surface area contributed by atoms with Gasteiger partial charge in [-0.3, -0.25) is 4.79 Å². The molecule has 0 atom stereocenters. The number of carbonyl (C=O) groups excluding carboxylic acids is 1. The number of hydrogen-bond acceptors (Lipinski definition) is 5. The van der Waals surface area contributed by atoms with Gasteiger partial charge in [-0.25, -0.2) is 9.97 Å². The molecule has 0 radical (unpaired) electrons. The average Bonchev–Trinajstić information content (AvgIpc) is 2.77. The molecular formula is C23H30N4OS. The van der Waals surface area contributed by atoms with Gasteiger partial charge in [-0.15, -0.1) is 0 Å². The van der Waals surface area contributed by atoms with Gasteiger partial charge in [-0.2, -0.15) is 0 Å². The Balaban J connectivity index is 1.38. The third-order valence-corrected chi connectivity index (χ3v) is 7.11. The first-order chi connectivity index (χ1) is 14.1. The third-order valence-electron chi connectivity index (χ3n) is 6.02. The maximum Gasteiger partial charge on any atom is 0.225 e. The van der Waals surface area contributed by atoms with Crippen molar-refractivity contribution in [2.45, 2.75) is 55.9 Å². The van der Waals surface area contributed by atoms with Gasteiger partial charge in [-0.05, 0) is 63.1 Å². The second kappa shape index (κ2) is 9.16. The van der Waals surface area contributed by atoms with Crippen LogP contribution in [0.3, 0.4) is 0 Å². The lowest BCUT2D eigenvalue weighted by Crippen LogP contribution is -2.44. The second-order valence-electron chi connectivity index (χ2n) is 8.23. The molecule has 2 aliphatic heterocycles. The van der Waals surface area contributed by atoms with Crippen LogP contribution in [0.15, 0.2) is 40.5 Å². The van der Waals surface area contributed by atoms with Gasteiger partial charge in [0.25, 0.3) is 0 Å². The highest BCUT2D eigenvalue weighted by atomic mass is 32.2. The largest absolute Gasteiger partial charge is 0.356 e. The minimum Gasteiger partial charge on any atom is -0.356 e. The topological polar surface area (TPSA) is 49.3 Å². The van der Waals surface area contributed by atoms with Crippen LogP contribution in [0.4, 0.5) is 5.82 Å². The summed E-state index contributed by atoms with van der Waals surface area (Å²) >= 11 is 1.69. The van der Waals surface area contributed by atoms with E-state index in [0.29, 0.717) is 5.91 Å². The summed E-state index contributed by atoms with van der Waals surface area (Å²) in [7, 11) is 0. The van der Waals surface area contributed by atoms with Crippen LogP contribution in [0.25, 0.3) is 0 Å². The summed E-state index contributed by atoms with van der Waals surface area (Å²) < 4.78 is 0. The van der Waals surface area contributed by atoms with Gasteiger partial charge in [-0.1, -0.05) is 23.9 Å². The summed E-state index contributed by atoms with van der Waals surface area (Å²) in [6, 6.07) is 8.59. The number of carbonyl (C=O) groups is 1. The lowest BCUT2D eigenvalue weighted by Gasteiger charge is -2.36. The highest BCUT2D eigenvalue weighted by Crippen LogP contribution is 2.32. The highest BCUT2D eigenvalue weighted by molar-refractivity contribution is 7.99. The average molecular weight is 411 g/mol. The molecule has 154 valence electrons. The van der Waals surface area contributed by atoms with E-state index in [1.54, 1.807) is 18.1 Å². The molecule has 0 N–H and O–H groups in total. The molecule has 2 saturated heterocycles. The van der Waals surface area contributed by atoms with Crippen molar-refractivity contribution in [3.63, 3.8) is 0 Å². The van der Waals surface area contributed by atoms with Gasteiger partial charge in [0.2, 0.25) is 5.91 Å². The Bertz CT molecular complexity index is 858. The summed E-state index contributed by atoms with van der Waals surface area (Å²) in [5.74, 6) is 1.52. The molecule has 6 heteroatoms. The number of hydrogen-bond donors (Lipinski definition) is 0. The quantitative estimate of drug-likeness (QED) is 0.696. The lowest BCUT2D eigenvalue weighted by atomic mass is 9.94. The van der Waals surface area contributed by atoms with E-state index < -0.39 is 0 Å². The zero-order valence-corrected chi connectivity index (χ0v) is 18.2. The van der Waals surface area contributed by atoms with Crippen molar-refractivity contribution in [2.75, 3.05) is 31.1 Å². The van der Waals surface area contributed by atoms with E-state index in [2.05, 4.69) is 57.9 Å². The van der Waals surface area contributed by atoms with Gasteiger partial charge in [0.15, 0.2) is 0 Å². The Morgan fingerprint density at radius 3 is 2.52 bits per heavy atom. The zero-order chi connectivity index (χ0) is 20.2. The van der Waals surface area contributed by atoms with Crippen LogP contribution in [0.5, 0.6) is 0 Å². The van der Waals surface area contributed by atoms with E-state index in [1.165, 1.54) is 22.4 Å². The van der Waals surface area contributed by atoms with Crippen molar-refractivity contribution in [1.29, 1.82) is 0 Å². The maximum absolute atomic E-state index is 12.8. The molecule has 2 fully saturated rings. The van der Waals surface area contributed by atoms with Crippen molar-refractivity contribution < 1.29 is 4.79 Å². The molecule has 1 amide bonds. The number of piperidine rings is 2. The molecule has 0 saturated carbocycles. The standard InChI is InChI=1S/C23H30N4OS/c1-17-6-7-18(2)20(14-17)29-22-15-21(24-16-25-22)26-12-8-19(9-13-26)23(28)27-10-4-3-5-11-27/h6-7,14-16,19H,3-5,8-13H2,1-2H3. The van der Waals surface area contributed by atoms with Gasteiger partial charge in [0.1, 0.15) is 17.2 Å². The fraction of sp³-hybridized carbons (Fsp3) is 0.522. The van der Waals surface area contributed by atoms with E-state index in [4.69, 9.17) is 0 Å².